The number of hydrogen-bond acceptors (Lipinski definition) is 4. The van der Waals surface area contributed by atoms with Crippen LogP contribution in [0.2, 0.25) is 5.15 Å². The second kappa shape index (κ2) is 6.96. The Morgan fingerprint density at radius 1 is 1.47 bits per heavy atom. The monoisotopic (exact) mass is 350 g/mol. The number of aromatic nitrogens is 1. The summed E-state index contributed by atoms with van der Waals surface area (Å²) >= 11 is 9.08. The molecule has 1 heterocycles. The smallest absolute Gasteiger partial charge is 0.407 e. The average molecular weight is 352 g/mol. The highest BCUT2D eigenvalue weighted by Crippen LogP contribution is 2.23. The highest BCUT2D eigenvalue weighted by molar-refractivity contribution is 9.10. The lowest BCUT2D eigenvalue weighted by Crippen LogP contribution is -2.34. The number of hydrogen-bond donors (Lipinski definition) is 1. The van der Waals surface area contributed by atoms with E-state index in [1.807, 2.05) is 0 Å². The fraction of sp³-hybridized carbons (Fsp3) is 0.500. The Morgan fingerprint density at radius 3 is 2.74 bits per heavy atom. The maximum absolute atomic E-state index is 11.3. The van der Waals surface area contributed by atoms with Gasteiger partial charge in [-0.2, -0.15) is 0 Å². The summed E-state index contributed by atoms with van der Waals surface area (Å²) in [5.41, 5.74) is -0.510. The number of ether oxygens (including phenoxy) is 2. The summed E-state index contributed by atoms with van der Waals surface area (Å²) in [5, 5.41) is 2.85. The number of pyridine rings is 1. The van der Waals surface area contributed by atoms with Crippen molar-refractivity contribution in [2.45, 2.75) is 26.4 Å². The van der Waals surface area contributed by atoms with Gasteiger partial charge in [0.1, 0.15) is 16.8 Å². The zero-order chi connectivity index (χ0) is 14.5. The number of carbonyl (C=O) groups excluding carboxylic acids is 1. The first-order valence-corrected chi connectivity index (χ1v) is 6.87. The zero-order valence-electron chi connectivity index (χ0n) is 11.0. The number of amides is 1. The molecule has 1 aromatic heterocycles. The molecule has 1 aromatic rings. The van der Waals surface area contributed by atoms with Crippen molar-refractivity contribution in [2.75, 3.05) is 13.2 Å². The molecular formula is C12H16BrClN2O3. The minimum Gasteiger partial charge on any atom is -0.489 e. The molecule has 19 heavy (non-hydrogen) atoms. The number of halogens is 2. The summed E-state index contributed by atoms with van der Waals surface area (Å²) in [4.78, 5) is 15.3. The Labute approximate surface area is 125 Å². The molecule has 0 aromatic carbocycles. The standard InChI is InChI=1S/C12H16BrClN2O3/c1-12(2,3)19-11(17)15-6-7-18-8-4-5-9(13)16-10(8)14/h4-5H,6-7H2,1-3H3,(H,15,17). The molecule has 0 atom stereocenters. The lowest BCUT2D eigenvalue weighted by Gasteiger charge is -2.19. The van der Waals surface area contributed by atoms with Crippen molar-refractivity contribution < 1.29 is 14.3 Å². The van der Waals surface area contributed by atoms with E-state index in [-0.39, 0.29) is 11.8 Å². The Hall–Kier alpha value is -1.01. The van der Waals surface area contributed by atoms with Gasteiger partial charge in [-0.1, -0.05) is 11.6 Å². The first kappa shape index (κ1) is 16.0. The number of alkyl carbamates (subject to hydrolysis) is 1. The van der Waals surface area contributed by atoms with Crippen LogP contribution in [0.4, 0.5) is 4.79 Å². The summed E-state index contributed by atoms with van der Waals surface area (Å²) in [6.45, 7) is 6.01. The molecule has 0 aliphatic rings. The van der Waals surface area contributed by atoms with Crippen LogP contribution in [0.1, 0.15) is 20.8 Å². The molecule has 106 valence electrons. The normalized spacial score (nSPS) is 11.0. The van der Waals surface area contributed by atoms with E-state index in [9.17, 15) is 4.79 Å². The SMILES string of the molecule is CC(C)(C)OC(=O)NCCOc1ccc(Br)nc1Cl. The van der Waals surface area contributed by atoms with E-state index in [2.05, 4.69) is 26.2 Å². The molecule has 0 fully saturated rings. The van der Waals surface area contributed by atoms with Crippen LogP contribution < -0.4 is 10.1 Å². The maximum Gasteiger partial charge on any atom is 0.407 e. The first-order valence-electron chi connectivity index (χ1n) is 5.69. The van der Waals surface area contributed by atoms with Crippen molar-refractivity contribution in [3.05, 3.63) is 21.9 Å². The van der Waals surface area contributed by atoms with Gasteiger partial charge in [0.15, 0.2) is 10.9 Å². The Kier molecular flexibility index (Phi) is 5.87. The van der Waals surface area contributed by atoms with E-state index in [1.54, 1.807) is 32.9 Å². The number of rotatable bonds is 4. The van der Waals surface area contributed by atoms with Gasteiger partial charge in [0.2, 0.25) is 0 Å². The van der Waals surface area contributed by atoms with Crippen molar-refractivity contribution in [1.82, 2.24) is 10.3 Å². The molecule has 1 amide bonds. The lowest BCUT2D eigenvalue weighted by molar-refractivity contribution is 0.0520. The van der Waals surface area contributed by atoms with Crippen molar-refractivity contribution in [1.29, 1.82) is 0 Å². The van der Waals surface area contributed by atoms with Crippen LogP contribution in [0.5, 0.6) is 5.75 Å². The molecule has 5 nitrogen and oxygen atoms in total. The van der Waals surface area contributed by atoms with Gasteiger partial charge >= 0.3 is 6.09 Å². The molecule has 0 aliphatic carbocycles. The topological polar surface area (TPSA) is 60.5 Å². The molecule has 0 saturated carbocycles. The summed E-state index contributed by atoms with van der Waals surface area (Å²) in [6.07, 6.45) is -0.476. The summed E-state index contributed by atoms with van der Waals surface area (Å²) in [5.74, 6) is 0.468. The van der Waals surface area contributed by atoms with Gasteiger partial charge < -0.3 is 14.8 Å². The minimum absolute atomic E-state index is 0.270. The van der Waals surface area contributed by atoms with Crippen molar-refractivity contribution in [2.24, 2.45) is 0 Å². The molecule has 1 rings (SSSR count). The van der Waals surface area contributed by atoms with E-state index >= 15 is 0 Å². The van der Waals surface area contributed by atoms with Crippen LogP contribution in [-0.2, 0) is 4.74 Å². The predicted molar refractivity (Wildman–Crippen MR) is 76.7 cm³/mol. The molecule has 0 aliphatic heterocycles. The van der Waals surface area contributed by atoms with Crippen LogP contribution >= 0.6 is 27.5 Å². The van der Waals surface area contributed by atoms with Crippen molar-refractivity contribution >= 4 is 33.6 Å². The fourth-order valence-corrected chi connectivity index (χ4v) is 1.76. The molecule has 0 bridgehead atoms. The molecule has 0 radical (unpaired) electrons. The summed E-state index contributed by atoms with van der Waals surface area (Å²) in [7, 11) is 0. The van der Waals surface area contributed by atoms with E-state index in [1.165, 1.54) is 0 Å². The quantitative estimate of drug-likeness (QED) is 0.667. The molecular weight excluding hydrogens is 336 g/mol. The lowest BCUT2D eigenvalue weighted by atomic mass is 10.2. The van der Waals surface area contributed by atoms with Gasteiger partial charge in [0.25, 0.3) is 0 Å². The van der Waals surface area contributed by atoms with Gasteiger partial charge in [-0.15, -0.1) is 0 Å². The Balaban J connectivity index is 2.29. The van der Waals surface area contributed by atoms with E-state index in [4.69, 9.17) is 21.1 Å². The summed E-state index contributed by atoms with van der Waals surface area (Å²) in [6, 6.07) is 3.43. The predicted octanol–water partition coefficient (Wildman–Crippen LogP) is 3.40. The minimum atomic E-state index is -0.510. The third kappa shape index (κ3) is 6.63. The summed E-state index contributed by atoms with van der Waals surface area (Å²) < 4.78 is 11.1. The third-order valence-corrected chi connectivity index (χ3v) is 2.52. The third-order valence-electron chi connectivity index (χ3n) is 1.81. The van der Waals surface area contributed by atoms with Crippen molar-refractivity contribution in [3.63, 3.8) is 0 Å². The van der Waals surface area contributed by atoms with E-state index < -0.39 is 11.7 Å². The van der Waals surface area contributed by atoms with Gasteiger partial charge in [-0.05, 0) is 48.8 Å². The average Bonchev–Trinajstić information content (AvgIpc) is 2.24. The molecule has 0 saturated heterocycles. The van der Waals surface area contributed by atoms with Crippen LogP contribution in [0.15, 0.2) is 16.7 Å². The van der Waals surface area contributed by atoms with Crippen LogP contribution in [-0.4, -0.2) is 29.8 Å². The Morgan fingerprint density at radius 2 is 2.16 bits per heavy atom. The van der Waals surface area contributed by atoms with Gasteiger partial charge in [-0.3, -0.25) is 0 Å². The van der Waals surface area contributed by atoms with Gasteiger partial charge in [-0.25, -0.2) is 9.78 Å². The highest BCUT2D eigenvalue weighted by atomic mass is 79.9. The van der Waals surface area contributed by atoms with Crippen LogP contribution in [0.3, 0.4) is 0 Å². The second-order valence-electron chi connectivity index (χ2n) is 4.70. The van der Waals surface area contributed by atoms with Crippen LogP contribution in [0.25, 0.3) is 0 Å². The Bertz CT molecular complexity index is 449. The molecule has 0 spiro atoms. The van der Waals surface area contributed by atoms with Crippen LogP contribution in [0, 0.1) is 0 Å². The van der Waals surface area contributed by atoms with Gasteiger partial charge in [0.05, 0.1) is 6.54 Å². The molecule has 1 N–H and O–H groups in total. The first-order chi connectivity index (χ1) is 8.78. The van der Waals surface area contributed by atoms with Crippen molar-refractivity contribution in [3.8, 4) is 5.75 Å². The second-order valence-corrected chi connectivity index (χ2v) is 5.87. The fourth-order valence-electron chi connectivity index (χ4n) is 1.14. The number of nitrogens with zero attached hydrogens (tertiary/aromatic N) is 1. The highest BCUT2D eigenvalue weighted by Gasteiger charge is 2.15. The largest absolute Gasteiger partial charge is 0.489 e. The van der Waals surface area contributed by atoms with Gasteiger partial charge in [0, 0.05) is 0 Å². The molecule has 7 heteroatoms. The number of nitrogens with one attached hydrogen (secondary N) is 1. The maximum atomic E-state index is 11.3. The number of carbonyl (C=O) groups is 1. The van der Waals surface area contributed by atoms with E-state index in [0.717, 1.165) is 0 Å². The molecule has 0 unspecified atom stereocenters. The zero-order valence-corrected chi connectivity index (χ0v) is 13.3. The van der Waals surface area contributed by atoms with E-state index in [0.29, 0.717) is 16.9 Å².